The van der Waals surface area contributed by atoms with Crippen molar-refractivity contribution in [3.05, 3.63) is 31.5 Å². The van der Waals surface area contributed by atoms with E-state index in [4.69, 9.17) is 14.6 Å². The van der Waals surface area contributed by atoms with Crippen molar-refractivity contribution in [2.75, 3.05) is 19.8 Å². The molecule has 1 aromatic heterocycles. The molecule has 0 amide bonds. The molecular formula is C22H37N3O8. The van der Waals surface area contributed by atoms with Crippen LogP contribution in [0.2, 0.25) is 0 Å². The van der Waals surface area contributed by atoms with Crippen molar-refractivity contribution in [2.24, 2.45) is 11.8 Å². The number of rotatable bonds is 16. The van der Waals surface area contributed by atoms with Crippen molar-refractivity contribution in [3.8, 4) is 0 Å². The molecule has 1 heterocycles. The molecule has 0 saturated heterocycles. The lowest BCUT2D eigenvalue weighted by molar-refractivity contribution is -0.146. The molecule has 11 nitrogen and oxygen atoms in total. The number of nitrogens with one attached hydrogen (secondary N) is 1. The van der Waals surface area contributed by atoms with Crippen molar-refractivity contribution < 1.29 is 24.2 Å². The molecule has 2 atom stereocenters. The van der Waals surface area contributed by atoms with Gasteiger partial charge >= 0.3 is 29.0 Å². The monoisotopic (exact) mass is 471 g/mol. The smallest absolute Gasteiger partial charge is 0.336 e. The fourth-order valence-electron chi connectivity index (χ4n) is 3.12. The van der Waals surface area contributed by atoms with Crippen LogP contribution < -0.4 is 17.1 Å². The highest BCUT2D eigenvalue weighted by Crippen LogP contribution is 2.08. The maximum Gasteiger partial charge on any atom is 0.336 e. The zero-order valence-electron chi connectivity index (χ0n) is 19.8. The summed E-state index contributed by atoms with van der Waals surface area (Å²) in [6, 6.07) is 0. The van der Waals surface area contributed by atoms with E-state index in [-0.39, 0.29) is 57.6 Å². The highest BCUT2D eigenvalue weighted by Gasteiger charge is 2.15. The summed E-state index contributed by atoms with van der Waals surface area (Å²) in [5.74, 6) is -0.833. The third-order valence-corrected chi connectivity index (χ3v) is 5.21. The summed E-state index contributed by atoms with van der Waals surface area (Å²) in [4.78, 5) is 62.6. The lowest BCUT2D eigenvalue weighted by Crippen LogP contribution is -2.49. The maximum atomic E-state index is 12.6. The van der Waals surface area contributed by atoms with Crippen molar-refractivity contribution in [1.82, 2.24) is 14.1 Å². The summed E-state index contributed by atoms with van der Waals surface area (Å²) >= 11 is 0. The molecule has 0 radical (unpaired) electrons. The van der Waals surface area contributed by atoms with Gasteiger partial charge in [0.25, 0.3) is 0 Å². The summed E-state index contributed by atoms with van der Waals surface area (Å²) in [5, 5.41) is 8.82. The van der Waals surface area contributed by atoms with E-state index >= 15 is 0 Å². The largest absolute Gasteiger partial charge is 0.465 e. The number of aromatic nitrogens is 3. The van der Waals surface area contributed by atoms with Crippen LogP contribution in [-0.2, 0) is 32.2 Å². The Morgan fingerprint density at radius 1 is 0.879 bits per heavy atom. The molecule has 0 saturated carbocycles. The number of nitrogens with zero attached hydrogens (tertiary/aromatic N) is 2. The molecule has 0 aliphatic carbocycles. The number of aliphatic hydroxyl groups is 1. The topological polar surface area (TPSA) is 150 Å². The zero-order chi connectivity index (χ0) is 24.8. The minimum absolute atomic E-state index is 0.0650. The molecule has 2 unspecified atom stereocenters. The quantitative estimate of drug-likeness (QED) is 0.336. The molecule has 0 fully saturated rings. The predicted molar refractivity (Wildman–Crippen MR) is 121 cm³/mol. The van der Waals surface area contributed by atoms with Crippen molar-refractivity contribution in [2.45, 2.75) is 78.8 Å². The van der Waals surface area contributed by atoms with Crippen LogP contribution in [0.4, 0.5) is 0 Å². The van der Waals surface area contributed by atoms with E-state index in [1.807, 2.05) is 18.8 Å². The van der Waals surface area contributed by atoms with Crippen LogP contribution in [0.25, 0.3) is 0 Å². The highest BCUT2D eigenvalue weighted by molar-refractivity contribution is 5.69. The van der Waals surface area contributed by atoms with E-state index in [9.17, 15) is 24.0 Å². The van der Waals surface area contributed by atoms with Gasteiger partial charge in [-0.25, -0.2) is 23.5 Å². The number of unbranched alkanes of at least 4 members (excludes halogenated alkanes) is 1. The molecule has 1 aromatic rings. The van der Waals surface area contributed by atoms with Gasteiger partial charge < -0.3 is 14.6 Å². The van der Waals surface area contributed by atoms with Gasteiger partial charge in [0.15, 0.2) is 0 Å². The number of aliphatic hydroxyl groups excluding tert-OH is 1. The van der Waals surface area contributed by atoms with Crippen molar-refractivity contribution in [1.29, 1.82) is 0 Å². The summed E-state index contributed by atoms with van der Waals surface area (Å²) in [5.41, 5.74) is -2.76. The maximum absolute atomic E-state index is 12.6. The fraction of sp³-hybridized carbons (Fsp3) is 0.773. The predicted octanol–water partition coefficient (Wildman–Crippen LogP) is 0.800. The Bertz CT molecular complexity index is 848. The van der Waals surface area contributed by atoms with Gasteiger partial charge in [0, 0.05) is 19.7 Å². The number of aromatic amines is 1. The van der Waals surface area contributed by atoms with Gasteiger partial charge in [0.1, 0.15) is 0 Å². The van der Waals surface area contributed by atoms with Gasteiger partial charge in [-0.1, -0.05) is 33.6 Å². The van der Waals surface area contributed by atoms with Crippen LogP contribution in [0, 0.1) is 11.8 Å². The number of carbonyl (C=O) groups excluding carboxylic acids is 2. The number of hydrogen-bond donors (Lipinski definition) is 2. The zero-order valence-corrected chi connectivity index (χ0v) is 19.8. The van der Waals surface area contributed by atoms with Crippen molar-refractivity contribution in [3.63, 3.8) is 0 Å². The molecule has 2 N–H and O–H groups in total. The first-order valence-electron chi connectivity index (χ1n) is 11.6. The normalized spacial score (nSPS) is 12.8. The Hall–Kier alpha value is -2.69. The number of ether oxygens (including phenoxy) is 2. The van der Waals surface area contributed by atoms with E-state index in [1.54, 1.807) is 0 Å². The Balaban J connectivity index is 2.65. The minimum atomic E-state index is -0.933. The van der Waals surface area contributed by atoms with E-state index in [0.717, 1.165) is 28.4 Å². The average molecular weight is 472 g/mol. The SMILES string of the molecule is CCCCC(C)COC(=O)CCn1c(=O)[nH]c(=O)n(CCC(=O)OCC(C)CCCO)c1=O. The number of esters is 2. The number of carbonyl (C=O) groups is 2. The highest BCUT2D eigenvalue weighted by atomic mass is 16.5. The molecule has 1 rings (SSSR count). The molecule has 0 aliphatic heterocycles. The van der Waals surface area contributed by atoms with Crippen LogP contribution in [0.5, 0.6) is 0 Å². The Labute approximate surface area is 192 Å². The minimum Gasteiger partial charge on any atom is -0.465 e. The lowest BCUT2D eigenvalue weighted by Gasteiger charge is -2.13. The van der Waals surface area contributed by atoms with Crippen LogP contribution >= 0.6 is 0 Å². The molecule has 0 aliphatic rings. The second kappa shape index (κ2) is 15.2. The third-order valence-electron chi connectivity index (χ3n) is 5.21. The van der Waals surface area contributed by atoms with E-state index in [1.165, 1.54) is 0 Å². The molecular weight excluding hydrogens is 434 g/mol. The third kappa shape index (κ3) is 10.6. The first kappa shape index (κ1) is 28.3. The van der Waals surface area contributed by atoms with Gasteiger partial charge in [0.05, 0.1) is 26.1 Å². The number of hydrogen-bond acceptors (Lipinski definition) is 8. The Morgan fingerprint density at radius 2 is 1.33 bits per heavy atom. The first-order chi connectivity index (χ1) is 15.7. The Kier molecular flexibility index (Phi) is 13.1. The molecule has 188 valence electrons. The fourth-order valence-corrected chi connectivity index (χ4v) is 3.12. The summed E-state index contributed by atoms with van der Waals surface area (Å²) in [7, 11) is 0. The van der Waals surface area contributed by atoms with Gasteiger partial charge in [-0.3, -0.25) is 14.6 Å². The molecule has 0 spiro atoms. The van der Waals surface area contributed by atoms with E-state index in [2.05, 4.69) is 6.92 Å². The summed E-state index contributed by atoms with van der Waals surface area (Å²) in [6.45, 7) is 5.93. The summed E-state index contributed by atoms with van der Waals surface area (Å²) in [6.07, 6.45) is 3.92. The molecule has 0 bridgehead atoms. The summed E-state index contributed by atoms with van der Waals surface area (Å²) < 4.78 is 11.8. The molecule has 11 heteroatoms. The molecule has 0 aromatic carbocycles. The first-order valence-corrected chi connectivity index (χ1v) is 11.6. The van der Waals surface area contributed by atoms with Crippen LogP contribution in [-0.4, -0.2) is 51.0 Å². The van der Waals surface area contributed by atoms with Crippen LogP contribution in [0.1, 0.15) is 65.7 Å². The number of H-pyrrole nitrogens is 1. The average Bonchev–Trinajstić information content (AvgIpc) is 2.78. The van der Waals surface area contributed by atoms with Gasteiger partial charge in [0.2, 0.25) is 0 Å². The second-order valence-electron chi connectivity index (χ2n) is 8.41. The van der Waals surface area contributed by atoms with E-state index < -0.39 is 29.0 Å². The molecule has 33 heavy (non-hydrogen) atoms. The van der Waals surface area contributed by atoms with Crippen molar-refractivity contribution >= 4 is 11.9 Å². The van der Waals surface area contributed by atoms with Crippen LogP contribution in [0.15, 0.2) is 14.4 Å². The van der Waals surface area contributed by atoms with Gasteiger partial charge in [-0.05, 0) is 31.1 Å². The van der Waals surface area contributed by atoms with Gasteiger partial charge in [-0.15, -0.1) is 0 Å². The standard InChI is InChI=1S/C22H37N3O8/c1-4-5-7-16(2)14-32-18(27)9-11-24-20(29)23-21(30)25(22(24)31)12-10-19(28)33-15-17(3)8-6-13-26/h16-17,26H,4-15H2,1-3H3,(H,23,29,30). The lowest BCUT2D eigenvalue weighted by atomic mass is 10.1. The second-order valence-corrected chi connectivity index (χ2v) is 8.41. The Morgan fingerprint density at radius 3 is 1.76 bits per heavy atom. The van der Waals surface area contributed by atoms with Gasteiger partial charge in [-0.2, -0.15) is 0 Å². The van der Waals surface area contributed by atoms with E-state index in [0.29, 0.717) is 12.8 Å². The van der Waals surface area contributed by atoms with Crippen LogP contribution in [0.3, 0.4) is 0 Å².